The number of allylic oxidation sites excluding steroid dienone is 1. The summed E-state index contributed by atoms with van der Waals surface area (Å²) in [4.78, 5) is 0. The van der Waals surface area contributed by atoms with Crippen molar-refractivity contribution in [2.24, 2.45) is 5.73 Å². The van der Waals surface area contributed by atoms with Crippen LogP contribution in [0.4, 0.5) is 4.39 Å². The summed E-state index contributed by atoms with van der Waals surface area (Å²) in [7, 11) is 0. The number of hydrogen-bond donors (Lipinski definition) is 2. The maximum Gasteiger partial charge on any atom is 0.244 e. The molecule has 0 radical (unpaired) electrons. The molecule has 8 heteroatoms. The summed E-state index contributed by atoms with van der Waals surface area (Å²) >= 11 is 0. The Morgan fingerprint density at radius 2 is 2.04 bits per heavy atom. The van der Waals surface area contributed by atoms with Crippen molar-refractivity contribution in [3.8, 4) is 34.7 Å². The Hall–Kier alpha value is -3.99. The first-order valence-electron chi connectivity index (χ1n) is 8.47. The van der Waals surface area contributed by atoms with E-state index in [0.717, 1.165) is 5.56 Å². The number of nitriles is 1. The van der Waals surface area contributed by atoms with E-state index in [9.17, 15) is 9.65 Å². The van der Waals surface area contributed by atoms with Gasteiger partial charge in [-0.2, -0.15) is 5.26 Å². The maximum atomic E-state index is 13.9. The number of aromatic amines is 1. The molecule has 0 aliphatic carbocycles. The van der Waals surface area contributed by atoms with Crippen LogP contribution in [0.5, 0.6) is 17.4 Å². The second-order valence-electron chi connectivity index (χ2n) is 6.37. The summed E-state index contributed by atoms with van der Waals surface area (Å²) in [5, 5.41) is 16.8. The first kappa shape index (κ1) is 16.2. The van der Waals surface area contributed by atoms with Gasteiger partial charge in [-0.15, -0.1) is 5.10 Å². The Kier molecular flexibility index (Phi) is 3.49. The van der Waals surface area contributed by atoms with E-state index in [4.69, 9.17) is 19.9 Å². The van der Waals surface area contributed by atoms with Crippen LogP contribution in [0.25, 0.3) is 11.3 Å². The maximum absolute atomic E-state index is 13.9. The lowest BCUT2D eigenvalue weighted by Crippen LogP contribution is -2.21. The fraction of sp³-hybridized carbons (Fsp3) is 0.100. The van der Waals surface area contributed by atoms with Gasteiger partial charge in [0.1, 0.15) is 17.5 Å². The minimum Gasteiger partial charge on any atom is -0.454 e. The van der Waals surface area contributed by atoms with E-state index < -0.39 is 11.7 Å². The highest BCUT2D eigenvalue weighted by Crippen LogP contribution is 2.46. The van der Waals surface area contributed by atoms with Gasteiger partial charge in [-0.3, -0.25) is 5.10 Å². The Morgan fingerprint density at radius 1 is 1.18 bits per heavy atom. The molecule has 5 rings (SSSR count). The van der Waals surface area contributed by atoms with Gasteiger partial charge in [0.05, 0.1) is 17.2 Å². The van der Waals surface area contributed by atoms with E-state index in [-0.39, 0.29) is 24.1 Å². The van der Waals surface area contributed by atoms with Crippen LogP contribution in [-0.4, -0.2) is 17.0 Å². The molecule has 1 aromatic heterocycles. The lowest BCUT2D eigenvalue weighted by molar-refractivity contribution is 0.174. The average Bonchev–Trinajstić information content (AvgIpc) is 3.32. The number of H-pyrrole nitrogens is 1. The third kappa shape index (κ3) is 2.37. The third-order valence-electron chi connectivity index (χ3n) is 4.78. The monoisotopic (exact) mass is 376 g/mol. The van der Waals surface area contributed by atoms with Gasteiger partial charge in [-0.25, -0.2) is 4.39 Å². The molecular formula is C20H13FN4O3. The second-order valence-corrected chi connectivity index (χ2v) is 6.37. The number of aromatic nitrogens is 2. The van der Waals surface area contributed by atoms with E-state index in [1.165, 1.54) is 12.1 Å². The van der Waals surface area contributed by atoms with Gasteiger partial charge < -0.3 is 19.9 Å². The molecule has 0 bridgehead atoms. The fourth-order valence-corrected chi connectivity index (χ4v) is 3.54. The van der Waals surface area contributed by atoms with Crippen molar-refractivity contribution in [1.82, 2.24) is 10.2 Å². The molecule has 3 heterocycles. The SMILES string of the molecule is N#CC1=C(N)Oc2n[nH]c(-c3ccc4c(c3)OCO4)c2[C@@H]1c1cccc(F)c1. The van der Waals surface area contributed by atoms with Gasteiger partial charge in [0.25, 0.3) is 0 Å². The van der Waals surface area contributed by atoms with Crippen molar-refractivity contribution in [2.75, 3.05) is 6.79 Å². The molecule has 28 heavy (non-hydrogen) atoms. The van der Waals surface area contributed by atoms with Crippen LogP contribution in [-0.2, 0) is 0 Å². The zero-order chi connectivity index (χ0) is 19.3. The molecule has 2 aromatic carbocycles. The van der Waals surface area contributed by atoms with Crippen LogP contribution in [0, 0.1) is 17.1 Å². The molecule has 2 aliphatic heterocycles. The average molecular weight is 376 g/mol. The first-order chi connectivity index (χ1) is 13.7. The zero-order valence-electron chi connectivity index (χ0n) is 14.4. The first-order valence-corrected chi connectivity index (χ1v) is 8.47. The topological polar surface area (TPSA) is 106 Å². The molecule has 0 spiro atoms. The molecule has 0 unspecified atom stereocenters. The highest BCUT2D eigenvalue weighted by Gasteiger charge is 2.36. The normalized spacial score (nSPS) is 17.1. The number of fused-ring (bicyclic) bond motifs is 2. The molecule has 0 amide bonds. The van der Waals surface area contributed by atoms with Crippen LogP contribution in [0.2, 0.25) is 0 Å². The third-order valence-corrected chi connectivity index (χ3v) is 4.78. The number of nitrogens with two attached hydrogens (primary N) is 1. The number of benzene rings is 2. The number of ether oxygens (including phenoxy) is 3. The molecule has 1 atom stereocenters. The van der Waals surface area contributed by atoms with Gasteiger partial charge in [-0.1, -0.05) is 12.1 Å². The minimum absolute atomic E-state index is 0.0482. The lowest BCUT2D eigenvalue weighted by Gasteiger charge is -2.24. The molecule has 3 aromatic rings. The molecule has 3 N–H and O–H groups in total. The van der Waals surface area contributed by atoms with Crippen LogP contribution in [0.15, 0.2) is 53.9 Å². The summed E-state index contributed by atoms with van der Waals surface area (Å²) in [6, 6.07) is 13.6. The van der Waals surface area contributed by atoms with Gasteiger partial charge in [-0.05, 0) is 35.9 Å². The van der Waals surface area contributed by atoms with Gasteiger partial charge in [0, 0.05) is 5.56 Å². The van der Waals surface area contributed by atoms with Crippen molar-refractivity contribution in [2.45, 2.75) is 5.92 Å². The predicted molar refractivity (Wildman–Crippen MR) is 95.8 cm³/mol. The van der Waals surface area contributed by atoms with Crippen molar-refractivity contribution in [3.63, 3.8) is 0 Å². The van der Waals surface area contributed by atoms with Crippen LogP contribution in [0.1, 0.15) is 17.0 Å². The summed E-state index contributed by atoms with van der Waals surface area (Å²) in [6.45, 7) is 0.159. The number of nitrogens with zero attached hydrogens (tertiary/aromatic N) is 2. The summed E-state index contributed by atoms with van der Waals surface area (Å²) in [6.07, 6.45) is 0. The van der Waals surface area contributed by atoms with Crippen molar-refractivity contribution < 1.29 is 18.6 Å². The molecule has 2 aliphatic rings. The minimum atomic E-state index is -0.622. The number of nitrogens with one attached hydrogen (secondary N) is 1. The largest absolute Gasteiger partial charge is 0.454 e. The summed E-state index contributed by atoms with van der Waals surface area (Å²) < 4.78 is 30.3. The quantitative estimate of drug-likeness (QED) is 0.712. The van der Waals surface area contributed by atoms with Crippen molar-refractivity contribution in [1.29, 1.82) is 5.26 Å². The predicted octanol–water partition coefficient (Wildman–Crippen LogP) is 3.16. The highest BCUT2D eigenvalue weighted by atomic mass is 19.1. The van der Waals surface area contributed by atoms with Crippen molar-refractivity contribution in [3.05, 3.63) is 70.9 Å². The highest BCUT2D eigenvalue weighted by molar-refractivity contribution is 5.73. The van der Waals surface area contributed by atoms with E-state index in [1.54, 1.807) is 18.2 Å². The molecule has 0 saturated carbocycles. The van der Waals surface area contributed by atoms with E-state index >= 15 is 0 Å². The molecule has 0 fully saturated rings. The smallest absolute Gasteiger partial charge is 0.244 e. The Bertz CT molecular complexity index is 1180. The van der Waals surface area contributed by atoms with Crippen LogP contribution >= 0.6 is 0 Å². The number of hydrogen-bond acceptors (Lipinski definition) is 6. The molecule has 0 saturated heterocycles. The Morgan fingerprint density at radius 3 is 2.86 bits per heavy atom. The summed E-state index contributed by atoms with van der Waals surface area (Å²) in [5.41, 5.74) is 8.71. The van der Waals surface area contributed by atoms with Gasteiger partial charge in [0.15, 0.2) is 11.5 Å². The van der Waals surface area contributed by atoms with Crippen LogP contribution < -0.4 is 19.9 Å². The zero-order valence-corrected chi connectivity index (χ0v) is 14.4. The second kappa shape index (κ2) is 6.03. The summed E-state index contributed by atoms with van der Waals surface area (Å²) in [5.74, 6) is 0.428. The van der Waals surface area contributed by atoms with Gasteiger partial charge >= 0.3 is 0 Å². The van der Waals surface area contributed by atoms with E-state index in [0.29, 0.717) is 28.3 Å². The molecular weight excluding hydrogens is 363 g/mol. The van der Waals surface area contributed by atoms with E-state index in [1.807, 2.05) is 12.1 Å². The Balaban J connectivity index is 1.71. The fourth-order valence-electron chi connectivity index (χ4n) is 3.54. The Labute approximate surface area is 158 Å². The van der Waals surface area contributed by atoms with Gasteiger partial charge in [0.2, 0.25) is 18.6 Å². The molecule has 7 nitrogen and oxygen atoms in total. The van der Waals surface area contributed by atoms with Crippen LogP contribution in [0.3, 0.4) is 0 Å². The standard InChI is InChI=1S/C20H13FN4O3/c21-12-3-1-2-10(6-12)16-13(8-22)19(23)28-20-17(16)18(24-25-20)11-4-5-14-15(7-11)27-9-26-14/h1-7,16H,9,23H2,(H,24,25)/t16-/m1/s1. The number of halogens is 1. The molecule has 138 valence electrons. The van der Waals surface area contributed by atoms with E-state index in [2.05, 4.69) is 16.3 Å². The lowest BCUT2D eigenvalue weighted by atomic mass is 9.83. The van der Waals surface area contributed by atoms with Crippen molar-refractivity contribution >= 4 is 0 Å². The number of rotatable bonds is 2.